The Kier molecular flexibility index (Phi) is 6.37. The fourth-order valence-corrected chi connectivity index (χ4v) is 6.56. The van der Waals surface area contributed by atoms with Gasteiger partial charge >= 0.3 is 0 Å². The van der Waals surface area contributed by atoms with Crippen LogP contribution < -0.4 is 5.32 Å². The molecule has 6 nitrogen and oxygen atoms in total. The van der Waals surface area contributed by atoms with Crippen molar-refractivity contribution < 1.29 is 9.47 Å². The second kappa shape index (κ2) is 9.24. The molecule has 1 saturated carbocycles. The number of hydrogen-bond donors (Lipinski definition) is 1. The SMILES string of the molecule is COC(C)C1CCC(NCC[C@@]2(c3ccccn3)CCOC3(CCCC3)C2)c2ccnn21. The zero-order chi connectivity index (χ0) is 22.0. The molecule has 174 valence electrons. The lowest BCUT2D eigenvalue weighted by Gasteiger charge is -2.46. The third-order valence-electron chi connectivity index (χ3n) is 8.40. The van der Waals surface area contributed by atoms with Crippen molar-refractivity contribution in [1.29, 1.82) is 0 Å². The molecule has 0 amide bonds. The number of hydrogen-bond acceptors (Lipinski definition) is 5. The molecule has 32 heavy (non-hydrogen) atoms. The number of rotatable bonds is 7. The first-order valence-electron chi connectivity index (χ1n) is 12.5. The largest absolute Gasteiger partial charge is 0.380 e. The van der Waals surface area contributed by atoms with E-state index in [9.17, 15) is 0 Å². The van der Waals surface area contributed by atoms with Crippen LogP contribution in [0.2, 0.25) is 0 Å². The Morgan fingerprint density at radius 3 is 2.84 bits per heavy atom. The normalized spacial score (nSPS) is 30.3. The Labute approximate surface area is 192 Å². The fourth-order valence-electron chi connectivity index (χ4n) is 6.56. The van der Waals surface area contributed by atoms with Crippen LogP contribution in [0.15, 0.2) is 36.7 Å². The van der Waals surface area contributed by atoms with Gasteiger partial charge in [0.25, 0.3) is 0 Å². The van der Waals surface area contributed by atoms with Crippen LogP contribution in [0, 0.1) is 0 Å². The van der Waals surface area contributed by atoms with Crippen molar-refractivity contribution in [3.05, 3.63) is 48.0 Å². The molecule has 0 bridgehead atoms. The third kappa shape index (κ3) is 4.13. The lowest BCUT2D eigenvalue weighted by molar-refractivity contribution is -0.104. The Morgan fingerprint density at radius 1 is 1.19 bits per heavy atom. The van der Waals surface area contributed by atoms with Crippen LogP contribution in [0.4, 0.5) is 0 Å². The highest BCUT2D eigenvalue weighted by Gasteiger charge is 2.48. The smallest absolute Gasteiger partial charge is 0.0782 e. The summed E-state index contributed by atoms with van der Waals surface area (Å²) in [6.45, 7) is 3.97. The van der Waals surface area contributed by atoms with Gasteiger partial charge in [-0.05, 0) is 76.6 Å². The van der Waals surface area contributed by atoms with Crippen molar-refractivity contribution in [3.8, 4) is 0 Å². The van der Waals surface area contributed by atoms with E-state index in [-0.39, 0.29) is 17.1 Å². The van der Waals surface area contributed by atoms with Gasteiger partial charge in [-0.15, -0.1) is 0 Å². The Balaban J connectivity index is 1.31. The predicted molar refractivity (Wildman–Crippen MR) is 125 cm³/mol. The maximum Gasteiger partial charge on any atom is 0.0782 e. The van der Waals surface area contributed by atoms with Gasteiger partial charge in [-0.3, -0.25) is 9.67 Å². The van der Waals surface area contributed by atoms with Crippen molar-refractivity contribution in [2.24, 2.45) is 0 Å². The zero-order valence-electron chi connectivity index (χ0n) is 19.6. The summed E-state index contributed by atoms with van der Waals surface area (Å²) in [4.78, 5) is 4.85. The van der Waals surface area contributed by atoms with Gasteiger partial charge in [0.2, 0.25) is 0 Å². The molecular weight excluding hydrogens is 400 g/mol. The van der Waals surface area contributed by atoms with E-state index in [4.69, 9.17) is 14.5 Å². The van der Waals surface area contributed by atoms with E-state index in [0.29, 0.717) is 12.1 Å². The zero-order valence-corrected chi connectivity index (χ0v) is 19.6. The van der Waals surface area contributed by atoms with Gasteiger partial charge in [-0.1, -0.05) is 18.9 Å². The summed E-state index contributed by atoms with van der Waals surface area (Å²) >= 11 is 0. The second-order valence-corrected chi connectivity index (χ2v) is 10.2. The maximum atomic E-state index is 6.41. The molecule has 2 aliphatic heterocycles. The molecule has 6 heteroatoms. The van der Waals surface area contributed by atoms with Crippen molar-refractivity contribution in [1.82, 2.24) is 20.1 Å². The molecule has 0 aromatic carbocycles. The van der Waals surface area contributed by atoms with Crippen LogP contribution >= 0.6 is 0 Å². The number of methoxy groups -OCH3 is 1. The average Bonchev–Trinajstić information content (AvgIpc) is 3.50. The molecule has 2 fully saturated rings. The lowest BCUT2D eigenvalue weighted by atomic mass is 9.68. The fraction of sp³-hybridized carbons (Fsp3) is 0.692. The quantitative estimate of drug-likeness (QED) is 0.677. The van der Waals surface area contributed by atoms with E-state index >= 15 is 0 Å². The van der Waals surface area contributed by atoms with E-state index < -0.39 is 0 Å². The molecule has 1 spiro atoms. The summed E-state index contributed by atoms with van der Waals surface area (Å²) in [6, 6.07) is 9.24. The summed E-state index contributed by atoms with van der Waals surface area (Å²) in [5, 5.41) is 8.53. The summed E-state index contributed by atoms with van der Waals surface area (Å²) in [5.41, 5.74) is 2.71. The van der Waals surface area contributed by atoms with Gasteiger partial charge in [0.15, 0.2) is 0 Å². The minimum absolute atomic E-state index is 0.0722. The Hall–Kier alpha value is -1.76. The number of aromatic nitrogens is 3. The monoisotopic (exact) mass is 438 g/mol. The molecule has 2 aromatic heterocycles. The molecule has 3 aliphatic rings. The van der Waals surface area contributed by atoms with Crippen molar-refractivity contribution >= 4 is 0 Å². The predicted octanol–water partition coefficient (Wildman–Crippen LogP) is 4.73. The van der Waals surface area contributed by atoms with Crippen LogP contribution in [0.1, 0.15) is 88.2 Å². The summed E-state index contributed by atoms with van der Waals surface area (Å²) in [5.74, 6) is 0. The van der Waals surface area contributed by atoms with Crippen LogP contribution in [0.25, 0.3) is 0 Å². The Morgan fingerprint density at radius 2 is 2.06 bits per heavy atom. The molecule has 0 radical (unpaired) electrons. The number of ether oxygens (including phenoxy) is 2. The molecule has 1 saturated heterocycles. The molecule has 4 heterocycles. The molecule has 5 rings (SSSR count). The lowest BCUT2D eigenvalue weighted by Crippen LogP contribution is -2.47. The molecule has 1 N–H and O–H groups in total. The van der Waals surface area contributed by atoms with Crippen molar-refractivity contribution in [2.45, 2.75) is 93.9 Å². The second-order valence-electron chi connectivity index (χ2n) is 10.2. The van der Waals surface area contributed by atoms with Crippen LogP contribution in [0.5, 0.6) is 0 Å². The van der Waals surface area contributed by atoms with Gasteiger partial charge in [-0.25, -0.2) is 0 Å². The summed E-state index contributed by atoms with van der Waals surface area (Å²) in [6.07, 6.45) is 14.5. The first-order valence-corrected chi connectivity index (χ1v) is 12.5. The topological polar surface area (TPSA) is 61.2 Å². The van der Waals surface area contributed by atoms with Gasteiger partial charge in [-0.2, -0.15) is 5.10 Å². The van der Waals surface area contributed by atoms with E-state index in [0.717, 1.165) is 45.3 Å². The highest BCUT2D eigenvalue weighted by Crippen LogP contribution is 2.49. The standard InChI is InChI=1S/C26H38N4O2/c1-20(31-2)22-9-8-21(23-10-16-29-30(22)23)27-17-13-25(24-7-3-6-15-28-24)14-18-32-26(19-25)11-4-5-12-26/h3,6-7,10,15-16,20-22,27H,4-5,8-9,11-14,17-19H2,1-2H3/t20?,21?,22?,25-/m1/s1. The number of nitrogens with one attached hydrogen (secondary N) is 1. The molecule has 2 aromatic rings. The highest BCUT2D eigenvalue weighted by atomic mass is 16.5. The first kappa shape index (κ1) is 22.1. The molecule has 4 atom stereocenters. The minimum Gasteiger partial charge on any atom is -0.380 e. The van der Waals surface area contributed by atoms with E-state index in [1.54, 1.807) is 7.11 Å². The third-order valence-corrected chi connectivity index (χ3v) is 8.40. The maximum absolute atomic E-state index is 6.41. The van der Waals surface area contributed by atoms with Crippen LogP contribution in [0.3, 0.4) is 0 Å². The van der Waals surface area contributed by atoms with Crippen LogP contribution in [-0.4, -0.2) is 46.7 Å². The molecule has 1 aliphatic carbocycles. The Bertz CT molecular complexity index is 879. The van der Waals surface area contributed by atoms with Crippen molar-refractivity contribution in [2.75, 3.05) is 20.3 Å². The molecule has 3 unspecified atom stereocenters. The average molecular weight is 439 g/mol. The number of nitrogens with zero attached hydrogens (tertiary/aromatic N) is 3. The summed E-state index contributed by atoms with van der Waals surface area (Å²) < 4.78 is 14.2. The van der Waals surface area contributed by atoms with Gasteiger partial charge in [0.1, 0.15) is 0 Å². The van der Waals surface area contributed by atoms with Crippen molar-refractivity contribution in [3.63, 3.8) is 0 Å². The molecular formula is C26H38N4O2. The highest BCUT2D eigenvalue weighted by molar-refractivity contribution is 5.21. The first-order chi connectivity index (χ1) is 15.6. The van der Waals surface area contributed by atoms with Gasteiger partial charge in [0, 0.05) is 43.3 Å². The summed E-state index contributed by atoms with van der Waals surface area (Å²) in [7, 11) is 1.79. The van der Waals surface area contributed by atoms with E-state index in [2.05, 4.69) is 40.2 Å². The number of pyridine rings is 1. The van der Waals surface area contributed by atoms with Gasteiger partial charge in [0.05, 0.1) is 23.4 Å². The van der Waals surface area contributed by atoms with Gasteiger partial charge < -0.3 is 14.8 Å². The van der Waals surface area contributed by atoms with E-state index in [1.165, 1.54) is 37.1 Å². The van der Waals surface area contributed by atoms with Crippen LogP contribution in [-0.2, 0) is 14.9 Å². The van der Waals surface area contributed by atoms with E-state index in [1.807, 2.05) is 18.5 Å². The minimum atomic E-state index is 0.0722. The number of fused-ring (bicyclic) bond motifs is 1.